The van der Waals surface area contributed by atoms with E-state index >= 15 is 0 Å². The summed E-state index contributed by atoms with van der Waals surface area (Å²) in [4.78, 5) is 21.3. The number of amides is 1. The molecule has 1 aliphatic rings. The van der Waals surface area contributed by atoms with Crippen molar-refractivity contribution in [1.29, 1.82) is 0 Å². The van der Waals surface area contributed by atoms with Crippen LogP contribution < -0.4 is 4.90 Å². The van der Waals surface area contributed by atoms with Crippen LogP contribution >= 0.6 is 22.9 Å². The molecule has 1 aromatic carbocycles. The van der Waals surface area contributed by atoms with Gasteiger partial charge in [-0.15, -0.1) is 0 Å². The molecule has 1 amide bonds. The molecule has 4 rings (SSSR count). The van der Waals surface area contributed by atoms with Gasteiger partial charge in [0.2, 0.25) is 0 Å². The highest BCUT2D eigenvalue weighted by Gasteiger charge is 2.21. The molecular formula is C19H18ClN3OS. The third kappa shape index (κ3) is 3.34. The molecule has 0 radical (unpaired) electrons. The van der Waals surface area contributed by atoms with Gasteiger partial charge in [-0.3, -0.25) is 4.79 Å². The molecule has 25 heavy (non-hydrogen) atoms. The Balaban J connectivity index is 1.54. The molecule has 1 aliphatic heterocycles. The van der Waals surface area contributed by atoms with Crippen LogP contribution in [-0.2, 0) is 0 Å². The Hall–Kier alpha value is -2.11. The summed E-state index contributed by atoms with van der Waals surface area (Å²) in [5.74, 6) is 1.00. The molecule has 4 nitrogen and oxygen atoms in total. The molecule has 3 aromatic rings. The highest BCUT2D eigenvalue weighted by molar-refractivity contribution is 7.08. The fraction of sp³-hybridized carbons (Fsp3) is 0.263. The lowest BCUT2D eigenvalue weighted by molar-refractivity contribution is 0.0767. The standard InChI is InChI=1S/C19H18ClN3OS/c20-18-16-5-2-1-4-14(16)12-17(21-18)22-7-3-8-23(10-9-22)19(24)15-6-11-25-13-15/h1-2,4-6,11-13H,3,7-10H2. The smallest absolute Gasteiger partial charge is 0.254 e. The number of fused-ring (bicyclic) bond motifs is 1. The summed E-state index contributed by atoms with van der Waals surface area (Å²) in [6, 6.07) is 12.0. The molecule has 1 fully saturated rings. The summed E-state index contributed by atoms with van der Waals surface area (Å²) in [5, 5.41) is 6.45. The number of thiophene rings is 1. The van der Waals surface area contributed by atoms with Gasteiger partial charge in [0, 0.05) is 36.9 Å². The fourth-order valence-electron chi connectivity index (χ4n) is 3.22. The Morgan fingerprint density at radius 3 is 2.84 bits per heavy atom. The molecule has 0 unspecified atom stereocenters. The number of benzene rings is 1. The van der Waals surface area contributed by atoms with E-state index < -0.39 is 0 Å². The number of anilines is 1. The van der Waals surface area contributed by atoms with Gasteiger partial charge in [0.1, 0.15) is 11.0 Å². The summed E-state index contributed by atoms with van der Waals surface area (Å²) in [6.07, 6.45) is 0.919. The van der Waals surface area contributed by atoms with E-state index in [1.54, 1.807) is 11.3 Å². The predicted octanol–water partition coefficient (Wildman–Crippen LogP) is 4.30. The van der Waals surface area contributed by atoms with Crippen molar-refractivity contribution in [2.75, 3.05) is 31.1 Å². The molecule has 0 saturated carbocycles. The summed E-state index contributed by atoms with van der Waals surface area (Å²) >= 11 is 7.92. The van der Waals surface area contributed by atoms with Crippen molar-refractivity contribution in [2.24, 2.45) is 0 Å². The molecule has 0 spiro atoms. The van der Waals surface area contributed by atoms with Crippen molar-refractivity contribution in [3.05, 3.63) is 57.9 Å². The van der Waals surface area contributed by atoms with Crippen LogP contribution in [-0.4, -0.2) is 42.0 Å². The number of hydrogen-bond donors (Lipinski definition) is 0. The van der Waals surface area contributed by atoms with Crippen molar-refractivity contribution >= 4 is 45.4 Å². The van der Waals surface area contributed by atoms with E-state index in [0.29, 0.717) is 11.7 Å². The Morgan fingerprint density at radius 2 is 2.00 bits per heavy atom. The first-order chi connectivity index (χ1) is 12.2. The fourth-order valence-corrected chi connectivity index (χ4v) is 4.11. The van der Waals surface area contributed by atoms with Crippen LogP contribution in [0.4, 0.5) is 5.82 Å². The average molecular weight is 372 g/mol. The summed E-state index contributed by atoms with van der Waals surface area (Å²) < 4.78 is 0. The van der Waals surface area contributed by atoms with E-state index in [4.69, 9.17) is 11.6 Å². The van der Waals surface area contributed by atoms with Crippen molar-refractivity contribution < 1.29 is 4.79 Å². The van der Waals surface area contributed by atoms with E-state index in [-0.39, 0.29) is 5.91 Å². The van der Waals surface area contributed by atoms with Gasteiger partial charge >= 0.3 is 0 Å². The second-order valence-electron chi connectivity index (χ2n) is 6.14. The maximum Gasteiger partial charge on any atom is 0.254 e. The van der Waals surface area contributed by atoms with Crippen LogP contribution in [0.1, 0.15) is 16.8 Å². The van der Waals surface area contributed by atoms with Crippen LogP contribution in [0.25, 0.3) is 10.8 Å². The summed E-state index contributed by atoms with van der Waals surface area (Å²) in [6.45, 7) is 3.10. The molecule has 0 N–H and O–H groups in total. The zero-order valence-electron chi connectivity index (χ0n) is 13.7. The Labute approximate surface area is 155 Å². The van der Waals surface area contributed by atoms with Gasteiger partial charge in [-0.05, 0) is 29.3 Å². The first kappa shape index (κ1) is 16.4. The lowest BCUT2D eigenvalue weighted by Gasteiger charge is -2.23. The minimum absolute atomic E-state index is 0.118. The minimum atomic E-state index is 0.118. The average Bonchev–Trinajstić information content (AvgIpc) is 3.05. The number of pyridine rings is 1. The molecular weight excluding hydrogens is 354 g/mol. The van der Waals surface area contributed by atoms with Crippen LogP contribution in [0.5, 0.6) is 0 Å². The maximum atomic E-state index is 12.6. The number of carbonyl (C=O) groups is 1. The highest BCUT2D eigenvalue weighted by Crippen LogP contribution is 2.27. The third-order valence-corrected chi connectivity index (χ3v) is 5.53. The molecule has 0 aliphatic carbocycles. The zero-order valence-corrected chi connectivity index (χ0v) is 15.3. The van der Waals surface area contributed by atoms with Gasteiger partial charge in [-0.2, -0.15) is 11.3 Å². The SMILES string of the molecule is O=C(c1ccsc1)N1CCCN(c2cc3ccccc3c(Cl)n2)CC1. The lowest BCUT2D eigenvalue weighted by atomic mass is 10.2. The van der Waals surface area contributed by atoms with Gasteiger partial charge in [-0.25, -0.2) is 4.98 Å². The van der Waals surface area contributed by atoms with Crippen LogP contribution in [0.2, 0.25) is 5.15 Å². The number of rotatable bonds is 2. The number of carbonyl (C=O) groups excluding carboxylic acids is 1. The number of hydrogen-bond acceptors (Lipinski definition) is 4. The van der Waals surface area contributed by atoms with E-state index in [9.17, 15) is 4.79 Å². The maximum absolute atomic E-state index is 12.6. The Bertz CT molecular complexity index is 897. The van der Waals surface area contributed by atoms with Crippen molar-refractivity contribution in [2.45, 2.75) is 6.42 Å². The van der Waals surface area contributed by atoms with Gasteiger partial charge in [0.15, 0.2) is 0 Å². The van der Waals surface area contributed by atoms with Crippen molar-refractivity contribution in [3.63, 3.8) is 0 Å². The van der Waals surface area contributed by atoms with E-state index in [1.807, 2.05) is 39.9 Å². The molecule has 1 saturated heterocycles. The molecule has 6 heteroatoms. The second kappa shape index (κ2) is 7.02. The monoisotopic (exact) mass is 371 g/mol. The quantitative estimate of drug-likeness (QED) is 0.630. The number of nitrogens with zero attached hydrogens (tertiary/aromatic N) is 3. The Kier molecular flexibility index (Phi) is 4.59. The van der Waals surface area contributed by atoms with Crippen LogP contribution in [0, 0.1) is 0 Å². The van der Waals surface area contributed by atoms with Crippen LogP contribution in [0.3, 0.4) is 0 Å². The first-order valence-corrected chi connectivity index (χ1v) is 9.66. The zero-order chi connectivity index (χ0) is 17.2. The van der Waals surface area contributed by atoms with E-state index in [2.05, 4.69) is 22.0 Å². The van der Waals surface area contributed by atoms with Gasteiger partial charge in [0.25, 0.3) is 5.91 Å². The van der Waals surface area contributed by atoms with Crippen molar-refractivity contribution in [3.8, 4) is 0 Å². The van der Waals surface area contributed by atoms with Gasteiger partial charge in [-0.1, -0.05) is 35.9 Å². The van der Waals surface area contributed by atoms with Crippen molar-refractivity contribution in [1.82, 2.24) is 9.88 Å². The van der Waals surface area contributed by atoms with Gasteiger partial charge in [0.05, 0.1) is 5.56 Å². The summed E-state index contributed by atoms with van der Waals surface area (Å²) in [5.41, 5.74) is 0.783. The molecule has 128 valence electrons. The first-order valence-electron chi connectivity index (χ1n) is 8.34. The number of aromatic nitrogens is 1. The summed E-state index contributed by atoms with van der Waals surface area (Å²) in [7, 11) is 0. The predicted molar refractivity (Wildman–Crippen MR) is 104 cm³/mol. The molecule has 3 heterocycles. The topological polar surface area (TPSA) is 36.4 Å². The second-order valence-corrected chi connectivity index (χ2v) is 7.28. The van der Waals surface area contributed by atoms with E-state index in [0.717, 1.165) is 48.2 Å². The minimum Gasteiger partial charge on any atom is -0.355 e. The highest BCUT2D eigenvalue weighted by atomic mass is 35.5. The normalized spacial score (nSPS) is 15.4. The van der Waals surface area contributed by atoms with Crippen LogP contribution in [0.15, 0.2) is 47.2 Å². The largest absolute Gasteiger partial charge is 0.355 e. The lowest BCUT2D eigenvalue weighted by Crippen LogP contribution is -2.35. The third-order valence-electron chi connectivity index (χ3n) is 4.56. The van der Waals surface area contributed by atoms with Gasteiger partial charge < -0.3 is 9.80 Å². The Morgan fingerprint density at radius 1 is 1.12 bits per heavy atom. The molecule has 0 atom stereocenters. The van der Waals surface area contributed by atoms with E-state index in [1.165, 1.54) is 0 Å². The molecule has 0 bridgehead atoms. The molecule has 2 aromatic heterocycles. The number of halogens is 1.